The zero-order valence-electron chi connectivity index (χ0n) is 9.51. The molecule has 6 heteroatoms. The molecular formula is C11H13BrN4O. The summed E-state index contributed by atoms with van der Waals surface area (Å²) in [5.41, 5.74) is 1.33. The quantitative estimate of drug-likeness (QED) is 0.805. The van der Waals surface area contributed by atoms with Crippen LogP contribution < -0.4 is 0 Å². The third-order valence-electron chi connectivity index (χ3n) is 2.53. The molecule has 0 aliphatic heterocycles. The van der Waals surface area contributed by atoms with Crippen LogP contribution in [0.5, 0.6) is 0 Å². The van der Waals surface area contributed by atoms with Gasteiger partial charge in [-0.2, -0.15) is 5.10 Å². The van der Waals surface area contributed by atoms with Crippen LogP contribution in [0.2, 0.25) is 0 Å². The van der Waals surface area contributed by atoms with Crippen molar-refractivity contribution in [2.24, 2.45) is 0 Å². The van der Waals surface area contributed by atoms with E-state index in [4.69, 9.17) is 0 Å². The molecule has 0 N–H and O–H groups in total. The zero-order chi connectivity index (χ0) is 12.3. The lowest BCUT2D eigenvalue weighted by Gasteiger charge is -2.15. The van der Waals surface area contributed by atoms with Gasteiger partial charge in [0, 0.05) is 31.3 Å². The summed E-state index contributed by atoms with van der Waals surface area (Å²) in [4.78, 5) is 17.9. The van der Waals surface area contributed by atoms with Crippen LogP contribution in [0.25, 0.3) is 5.52 Å². The highest BCUT2D eigenvalue weighted by molar-refractivity contribution is 9.09. The third-order valence-corrected chi connectivity index (χ3v) is 3.09. The molecule has 2 aromatic rings. The number of alkyl halides is 1. The molecule has 90 valence electrons. The van der Waals surface area contributed by atoms with Crippen LogP contribution in [0.4, 0.5) is 0 Å². The second kappa shape index (κ2) is 5.27. The number of hydrogen-bond acceptors (Lipinski definition) is 3. The van der Waals surface area contributed by atoms with Crippen molar-refractivity contribution in [1.29, 1.82) is 0 Å². The Labute approximate surface area is 108 Å². The third kappa shape index (κ3) is 2.46. The van der Waals surface area contributed by atoms with Gasteiger partial charge in [-0.25, -0.2) is 4.52 Å². The SMILES string of the molecule is CN(CCCBr)C(=O)c1cnn2ccncc12. The van der Waals surface area contributed by atoms with Gasteiger partial charge < -0.3 is 4.90 Å². The van der Waals surface area contributed by atoms with Gasteiger partial charge in [-0.05, 0) is 6.42 Å². The van der Waals surface area contributed by atoms with E-state index in [0.29, 0.717) is 5.56 Å². The Balaban J connectivity index is 2.24. The summed E-state index contributed by atoms with van der Waals surface area (Å²) in [6.07, 6.45) is 7.54. The smallest absolute Gasteiger partial charge is 0.257 e. The van der Waals surface area contributed by atoms with Crippen molar-refractivity contribution in [2.45, 2.75) is 6.42 Å². The van der Waals surface area contributed by atoms with Crippen molar-refractivity contribution in [2.75, 3.05) is 18.9 Å². The van der Waals surface area contributed by atoms with Gasteiger partial charge in [0.2, 0.25) is 0 Å². The summed E-state index contributed by atoms with van der Waals surface area (Å²) in [7, 11) is 1.80. The van der Waals surface area contributed by atoms with Gasteiger partial charge in [0.15, 0.2) is 0 Å². The van der Waals surface area contributed by atoms with E-state index in [9.17, 15) is 4.79 Å². The van der Waals surface area contributed by atoms with Crippen molar-refractivity contribution in [1.82, 2.24) is 19.5 Å². The number of amides is 1. The van der Waals surface area contributed by atoms with E-state index >= 15 is 0 Å². The molecule has 2 aromatic heterocycles. The second-order valence-corrected chi connectivity index (χ2v) is 4.53. The number of carbonyl (C=O) groups is 1. The molecule has 0 aliphatic rings. The average molecular weight is 297 g/mol. The normalized spacial score (nSPS) is 10.7. The topological polar surface area (TPSA) is 50.5 Å². The molecular weight excluding hydrogens is 284 g/mol. The van der Waals surface area contributed by atoms with Crippen molar-refractivity contribution in [3.8, 4) is 0 Å². The van der Waals surface area contributed by atoms with Gasteiger partial charge in [-0.3, -0.25) is 9.78 Å². The summed E-state index contributed by atoms with van der Waals surface area (Å²) in [6.45, 7) is 0.724. The monoisotopic (exact) mass is 296 g/mol. The van der Waals surface area contributed by atoms with Gasteiger partial charge in [0.05, 0.1) is 23.5 Å². The van der Waals surface area contributed by atoms with Gasteiger partial charge >= 0.3 is 0 Å². The maximum Gasteiger partial charge on any atom is 0.257 e. The molecule has 5 nitrogen and oxygen atoms in total. The highest BCUT2D eigenvalue weighted by atomic mass is 79.9. The van der Waals surface area contributed by atoms with Gasteiger partial charge in [-0.15, -0.1) is 0 Å². The van der Waals surface area contributed by atoms with E-state index in [1.54, 1.807) is 41.3 Å². The van der Waals surface area contributed by atoms with Crippen LogP contribution in [0.15, 0.2) is 24.8 Å². The first kappa shape index (κ1) is 12.0. The Kier molecular flexibility index (Phi) is 3.73. The zero-order valence-corrected chi connectivity index (χ0v) is 11.1. The Morgan fingerprint density at radius 3 is 3.12 bits per heavy atom. The van der Waals surface area contributed by atoms with Gasteiger partial charge in [0.25, 0.3) is 5.91 Å². The summed E-state index contributed by atoms with van der Waals surface area (Å²) in [5.74, 6) is -0.0195. The summed E-state index contributed by atoms with van der Waals surface area (Å²) < 4.78 is 1.65. The maximum atomic E-state index is 12.2. The lowest BCUT2D eigenvalue weighted by molar-refractivity contribution is 0.0797. The largest absolute Gasteiger partial charge is 0.342 e. The molecule has 17 heavy (non-hydrogen) atoms. The second-order valence-electron chi connectivity index (χ2n) is 3.73. The minimum absolute atomic E-state index is 0.0195. The van der Waals surface area contributed by atoms with Crippen LogP contribution in [0, 0.1) is 0 Å². The Morgan fingerprint density at radius 2 is 2.35 bits per heavy atom. The number of nitrogens with zero attached hydrogens (tertiary/aromatic N) is 4. The lowest BCUT2D eigenvalue weighted by atomic mass is 10.2. The Morgan fingerprint density at radius 1 is 1.53 bits per heavy atom. The van der Waals surface area contributed by atoms with Crippen LogP contribution in [-0.4, -0.2) is 44.3 Å². The fourth-order valence-electron chi connectivity index (χ4n) is 1.60. The standard InChI is InChI=1S/C11H13BrN4O/c1-15(5-2-3-12)11(17)9-7-14-16-6-4-13-8-10(9)16/h4,6-8H,2-3,5H2,1H3. The maximum absolute atomic E-state index is 12.2. The molecule has 0 bridgehead atoms. The molecule has 0 unspecified atom stereocenters. The summed E-state index contributed by atoms with van der Waals surface area (Å²) >= 11 is 3.35. The van der Waals surface area contributed by atoms with E-state index in [0.717, 1.165) is 23.8 Å². The minimum Gasteiger partial charge on any atom is -0.342 e. The number of rotatable bonds is 4. The fraction of sp³-hybridized carbons (Fsp3) is 0.364. The fourth-order valence-corrected chi connectivity index (χ4v) is 1.85. The molecule has 0 spiro atoms. The number of aromatic nitrogens is 3. The highest BCUT2D eigenvalue weighted by Gasteiger charge is 2.16. The Hall–Kier alpha value is -1.43. The first-order chi connectivity index (χ1) is 8.24. The van der Waals surface area contributed by atoms with Gasteiger partial charge in [-0.1, -0.05) is 15.9 Å². The first-order valence-corrected chi connectivity index (χ1v) is 6.45. The number of carbonyl (C=O) groups excluding carboxylic acids is 1. The molecule has 0 aromatic carbocycles. The van der Waals surface area contributed by atoms with E-state index in [-0.39, 0.29) is 5.91 Å². The van der Waals surface area contributed by atoms with Crippen LogP contribution in [-0.2, 0) is 0 Å². The molecule has 0 atom stereocenters. The number of fused-ring (bicyclic) bond motifs is 1. The van der Waals surface area contributed by atoms with E-state index in [2.05, 4.69) is 26.0 Å². The summed E-state index contributed by atoms with van der Waals surface area (Å²) in [5, 5.41) is 5.01. The highest BCUT2D eigenvalue weighted by Crippen LogP contribution is 2.11. The molecule has 1 amide bonds. The number of hydrogen-bond donors (Lipinski definition) is 0. The van der Waals surface area contributed by atoms with E-state index in [1.165, 1.54) is 0 Å². The first-order valence-electron chi connectivity index (χ1n) is 5.33. The van der Waals surface area contributed by atoms with Crippen LogP contribution >= 0.6 is 15.9 Å². The van der Waals surface area contributed by atoms with Crippen molar-refractivity contribution >= 4 is 27.4 Å². The van der Waals surface area contributed by atoms with E-state index in [1.807, 2.05) is 0 Å². The molecule has 0 saturated heterocycles. The number of halogens is 1. The van der Waals surface area contributed by atoms with Crippen molar-refractivity contribution < 1.29 is 4.79 Å². The van der Waals surface area contributed by atoms with Crippen LogP contribution in [0.3, 0.4) is 0 Å². The molecule has 2 heterocycles. The molecule has 0 aliphatic carbocycles. The molecule has 0 fully saturated rings. The predicted octanol–water partition coefficient (Wildman–Crippen LogP) is 1.59. The van der Waals surface area contributed by atoms with E-state index < -0.39 is 0 Å². The van der Waals surface area contributed by atoms with Crippen molar-refractivity contribution in [3.05, 3.63) is 30.4 Å². The lowest BCUT2D eigenvalue weighted by Crippen LogP contribution is -2.27. The van der Waals surface area contributed by atoms with Crippen LogP contribution in [0.1, 0.15) is 16.8 Å². The molecule has 2 rings (SSSR count). The van der Waals surface area contributed by atoms with Crippen molar-refractivity contribution in [3.63, 3.8) is 0 Å². The van der Waals surface area contributed by atoms with Gasteiger partial charge in [0.1, 0.15) is 0 Å². The predicted molar refractivity (Wildman–Crippen MR) is 68.4 cm³/mol. The Bertz CT molecular complexity index is 525. The molecule has 0 saturated carbocycles. The summed E-state index contributed by atoms with van der Waals surface area (Å²) in [6, 6.07) is 0. The average Bonchev–Trinajstić information content (AvgIpc) is 2.78. The minimum atomic E-state index is -0.0195. The molecule has 0 radical (unpaired) electrons.